The SMILES string of the molecule is CCCNC1CCN(C(C)c2nccs2)CC1. The summed E-state index contributed by atoms with van der Waals surface area (Å²) in [4.78, 5) is 6.98. The quantitative estimate of drug-likeness (QED) is 0.874. The smallest absolute Gasteiger partial charge is 0.109 e. The molecule has 0 aromatic carbocycles. The molecule has 1 saturated heterocycles. The highest BCUT2D eigenvalue weighted by Gasteiger charge is 2.23. The van der Waals surface area contributed by atoms with Crippen LogP contribution in [0.15, 0.2) is 11.6 Å². The van der Waals surface area contributed by atoms with E-state index in [2.05, 4.69) is 34.4 Å². The molecule has 0 aliphatic carbocycles. The largest absolute Gasteiger partial charge is 0.314 e. The third kappa shape index (κ3) is 3.50. The average molecular weight is 253 g/mol. The minimum Gasteiger partial charge on any atom is -0.314 e. The van der Waals surface area contributed by atoms with Crippen LogP contribution in [0.5, 0.6) is 0 Å². The molecule has 4 heteroatoms. The van der Waals surface area contributed by atoms with Crippen molar-refractivity contribution in [3.05, 3.63) is 16.6 Å². The van der Waals surface area contributed by atoms with Crippen molar-refractivity contribution in [2.24, 2.45) is 0 Å². The maximum absolute atomic E-state index is 4.42. The topological polar surface area (TPSA) is 28.2 Å². The molecular weight excluding hydrogens is 230 g/mol. The second-order valence-corrected chi connectivity index (χ2v) is 5.74. The predicted molar refractivity (Wildman–Crippen MR) is 73.4 cm³/mol. The summed E-state index contributed by atoms with van der Waals surface area (Å²) in [5.41, 5.74) is 0. The first-order chi connectivity index (χ1) is 8.31. The fourth-order valence-electron chi connectivity index (χ4n) is 2.44. The van der Waals surface area contributed by atoms with Crippen molar-refractivity contribution < 1.29 is 0 Å². The number of hydrogen-bond donors (Lipinski definition) is 1. The summed E-state index contributed by atoms with van der Waals surface area (Å²) in [6.45, 7) is 8.06. The second-order valence-electron chi connectivity index (χ2n) is 4.81. The summed E-state index contributed by atoms with van der Waals surface area (Å²) in [5.74, 6) is 0. The molecule has 1 fully saturated rings. The molecule has 1 aromatic rings. The highest BCUT2D eigenvalue weighted by molar-refractivity contribution is 7.09. The van der Waals surface area contributed by atoms with E-state index < -0.39 is 0 Å². The van der Waals surface area contributed by atoms with Gasteiger partial charge in [-0.3, -0.25) is 4.90 Å². The predicted octanol–water partition coefficient (Wildman–Crippen LogP) is 2.67. The lowest BCUT2D eigenvalue weighted by Crippen LogP contribution is -2.43. The van der Waals surface area contributed by atoms with Crippen LogP contribution >= 0.6 is 11.3 Å². The minimum absolute atomic E-state index is 0.488. The van der Waals surface area contributed by atoms with Crippen molar-refractivity contribution in [2.75, 3.05) is 19.6 Å². The first-order valence-electron chi connectivity index (χ1n) is 6.68. The molecule has 0 bridgehead atoms. The van der Waals surface area contributed by atoms with E-state index in [0.717, 1.165) is 12.6 Å². The fraction of sp³-hybridized carbons (Fsp3) is 0.769. The van der Waals surface area contributed by atoms with Crippen LogP contribution in [0.25, 0.3) is 0 Å². The molecule has 1 unspecified atom stereocenters. The van der Waals surface area contributed by atoms with E-state index in [-0.39, 0.29) is 0 Å². The highest BCUT2D eigenvalue weighted by atomic mass is 32.1. The number of nitrogens with one attached hydrogen (secondary N) is 1. The number of hydrogen-bond acceptors (Lipinski definition) is 4. The van der Waals surface area contributed by atoms with Gasteiger partial charge in [-0.05, 0) is 32.7 Å². The van der Waals surface area contributed by atoms with Gasteiger partial charge in [0.05, 0.1) is 6.04 Å². The lowest BCUT2D eigenvalue weighted by molar-refractivity contribution is 0.152. The Kier molecular flexibility index (Phi) is 4.95. The standard InChI is InChI=1S/C13H23N3S/c1-3-6-14-12-4-8-16(9-5-12)11(2)13-15-7-10-17-13/h7,10-12,14H,3-6,8-9H2,1-2H3. The third-order valence-electron chi connectivity index (χ3n) is 3.57. The molecule has 0 amide bonds. The van der Waals surface area contributed by atoms with Gasteiger partial charge >= 0.3 is 0 Å². The Morgan fingerprint density at radius 1 is 1.53 bits per heavy atom. The number of rotatable bonds is 5. The van der Waals surface area contributed by atoms with Crippen LogP contribution in [0.3, 0.4) is 0 Å². The van der Waals surface area contributed by atoms with Gasteiger partial charge in [0.2, 0.25) is 0 Å². The summed E-state index contributed by atoms with van der Waals surface area (Å²) >= 11 is 1.77. The molecule has 1 atom stereocenters. The Labute approximate surface area is 108 Å². The third-order valence-corrected chi connectivity index (χ3v) is 4.51. The van der Waals surface area contributed by atoms with Gasteiger partial charge < -0.3 is 5.32 Å². The molecule has 0 radical (unpaired) electrons. The minimum atomic E-state index is 0.488. The van der Waals surface area contributed by atoms with Gasteiger partial charge in [-0.25, -0.2) is 4.98 Å². The van der Waals surface area contributed by atoms with E-state index in [1.807, 2.05) is 6.20 Å². The van der Waals surface area contributed by atoms with Crippen molar-refractivity contribution in [1.82, 2.24) is 15.2 Å². The number of nitrogens with zero attached hydrogens (tertiary/aromatic N) is 2. The molecule has 0 spiro atoms. The monoisotopic (exact) mass is 253 g/mol. The van der Waals surface area contributed by atoms with Crippen molar-refractivity contribution in [3.8, 4) is 0 Å². The maximum atomic E-state index is 4.42. The van der Waals surface area contributed by atoms with Crippen molar-refractivity contribution >= 4 is 11.3 Å². The van der Waals surface area contributed by atoms with Crippen LogP contribution in [-0.2, 0) is 0 Å². The first-order valence-corrected chi connectivity index (χ1v) is 7.56. The average Bonchev–Trinajstić information content (AvgIpc) is 2.90. The summed E-state index contributed by atoms with van der Waals surface area (Å²) in [6, 6.07) is 1.22. The molecule has 1 aromatic heterocycles. The molecule has 3 nitrogen and oxygen atoms in total. The molecule has 1 aliphatic rings. The van der Waals surface area contributed by atoms with Gasteiger partial charge in [0.15, 0.2) is 0 Å². The summed E-state index contributed by atoms with van der Waals surface area (Å²) in [6.07, 6.45) is 5.69. The van der Waals surface area contributed by atoms with Gasteiger partial charge in [0, 0.05) is 30.7 Å². The Bertz CT molecular complexity index is 304. The van der Waals surface area contributed by atoms with E-state index in [4.69, 9.17) is 0 Å². The zero-order valence-corrected chi connectivity index (χ0v) is 11.7. The molecular formula is C13H23N3S. The number of piperidine rings is 1. The van der Waals surface area contributed by atoms with E-state index >= 15 is 0 Å². The molecule has 17 heavy (non-hydrogen) atoms. The summed E-state index contributed by atoms with van der Waals surface area (Å²) in [7, 11) is 0. The van der Waals surface area contributed by atoms with Crippen molar-refractivity contribution in [1.29, 1.82) is 0 Å². The van der Waals surface area contributed by atoms with Crippen LogP contribution in [0.2, 0.25) is 0 Å². The lowest BCUT2D eigenvalue weighted by Gasteiger charge is -2.35. The number of aromatic nitrogens is 1. The Hall–Kier alpha value is -0.450. The molecule has 1 N–H and O–H groups in total. The zero-order chi connectivity index (χ0) is 12.1. The Morgan fingerprint density at radius 2 is 2.29 bits per heavy atom. The molecule has 96 valence electrons. The van der Waals surface area contributed by atoms with Crippen LogP contribution in [0, 0.1) is 0 Å². The van der Waals surface area contributed by atoms with Crippen LogP contribution < -0.4 is 5.32 Å². The van der Waals surface area contributed by atoms with Crippen molar-refractivity contribution in [3.63, 3.8) is 0 Å². The fourth-order valence-corrected chi connectivity index (χ4v) is 3.17. The van der Waals surface area contributed by atoms with Gasteiger partial charge in [-0.15, -0.1) is 11.3 Å². The Morgan fingerprint density at radius 3 is 2.88 bits per heavy atom. The normalized spacial score (nSPS) is 20.6. The zero-order valence-electron chi connectivity index (χ0n) is 10.9. The van der Waals surface area contributed by atoms with E-state index in [1.54, 1.807) is 11.3 Å². The summed E-state index contributed by atoms with van der Waals surface area (Å²) < 4.78 is 0. The molecule has 2 heterocycles. The van der Waals surface area contributed by atoms with Gasteiger partial charge in [0.25, 0.3) is 0 Å². The Balaban J connectivity index is 1.79. The van der Waals surface area contributed by atoms with E-state index in [9.17, 15) is 0 Å². The molecule has 1 aliphatic heterocycles. The van der Waals surface area contributed by atoms with Crippen LogP contribution in [-0.4, -0.2) is 35.6 Å². The molecule has 0 saturated carbocycles. The highest BCUT2D eigenvalue weighted by Crippen LogP contribution is 2.25. The van der Waals surface area contributed by atoms with Gasteiger partial charge in [-0.1, -0.05) is 6.92 Å². The van der Waals surface area contributed by atoms with Gasteiger partial charge in [-0.2, -0.15) is 0 Å². The summed E-state index contributed by atoms with van der Waals surface area (Å²) in [5, 5.41) is 6.95. The number of likely N-dealkylation sites (tertiary alicyclic amines) is 1. The second kappa shape index (κ2) is 6.47. The number of thiazole rings is 1. The molecule has 2 rings (SSSR count). The van der Waals surface area contributed by atoms with E-state index in [0.29, 0.717) is 6.04 Å². The lowest BCUT2D eigenvalue weighted by atomic mass is 10.0. The van der Waals surface area contributed by atoms with Crippen LogP contribution in [0.1, 0.15) is 44.2 Å². The van der Waals surface area contributed by atoms with Crippen LogP contribution in [0.4, 0.5) is 0 Å². The van der Waals surface area contributed by atoms with Gasteiger partial charge in [0.1, 0.15) is 5.01 Å². The van der Waals surface area contributed by atoms with E-state index in [1.165, 1.54) is 37.4 Å². The van der Waals surface area contributed by atoms with Crippen molar-refractivity contribution in [2.45, 2.75) is 45.2 Å². The maximum Gasteiger partial charge on any atom is 0.109 e. The first kappa shape index (κ1) is 13.0.